The maximum absolute atomic E-state index is 12.8. The molecule has 27 heavy (non-hydrogen) atoms. The Morgan fingerprint density at radius 3 is 1.89 bits per heavy atom. The molecule has 0 bridgehead atoms. The molecule has 0 heterocycles. The number of rotatable bonds is 7. The lowest BCUT2D eigenvalue weighted by atomic mass is 9.75. The lowest BCUT2D eigenvalue weighted by Gasteiger charge is -2.37. The van der Waals surface area contributed by atoms with Crippen LogP contribution in [0.15, 0.2) is 0 Å². The Hall–Kier alpha value is -0.260. The van der Waals surface area contributed by atoms with E-state index in [0.717, 1.165) is 0 Å². The van der Waals surface area contributed by atoms with Crippen molar-refractivity contribution in [3.8, 4) is 0 Å². The Bertz CT molecular complexity index is 482. The van der Waals surface area contributed by atoms with Crippen LogP contribution in [0, 0.1) is 11.8 Å². The third-order valence-electron chi connectivity index (χ3n) is 5.34. The van der Waals surface area contributed by atoms with Gasteiger partial charge in [0.2, 0.25) is 0 Å². The first-order valence-electron chi connectivity index (χ1n) is 8.86. The number of aliphatic hydroxyl groups is 1. The van der Waals surface area contributed by atoms with E-state index in [1.165, 1.54) is 0 Å². The van der Waals surface area contributed by atoms with E-state index in [1.54, 1.807) is 6.92 Å². The van der Waals surface area contributed by atoms with Gasteiger partial charge in [-0.25, -0.2) is 0 Å². The molecule has 0 aliphatic heterocycles. The van der Waals surface area contributed by atoms with Gasteiger partial charge in [0.25, 0.3) is 5.60 Å². The summed E-state index contributed by atoms with van der Waals surface area (Å²) < 4.78 is 81.3. The first-order chi connectivity index (χ1) is 12.1. The van der Waals surface area contributed by atoms with Crippen LogP contribution in [-0.2, 0) is 9.53 Å². The fourth-order valence-electron chi connectivity index (χ4n) is 3.15. The van der Waals surface area contributed by atoms with Crippen LogP contribution in [0.4, 0.5) is 26.3 Å². The topological polar surface area (TPSA) is 46.5 Å². The smallest absolute Gasteiger partial charge is 0.426 e. The van der Waals surface area contributed by atoms with Gasteiger partial charge >= 0.3 is 18.3 Å². The second kappa shape index (κ2) is 9.04. The highest BCUT2D eigenvalue weighted by molar-refractivity contribution is 14.1. The standard InChI is InChI=1S/C17H25F6IO3/c1-3-14(2,24)13(25)27-9-8-11-4-6-12(7-5-11)10-15(26,16(18,19)20)17(21,22)23/h11-12,26H,3-10H2,1-2H3. The molecule has 1 unspecified atom stereocenters. The number of carbonyl (C=O) groups excluding carboxylic acids is 1. The Balaban J connectivity index is 2.49. The molecule has 0 saturated heterocycles. The fourth-order valence-corrected chi connectivity index (χ4v) is 3.30. The third kappa shape index (κ3) is 6.37. The van der Waals surface area contributed by atoms with Crippen molar-refractivity contribution in [3.63, 3.8) is 0 Å². The molecule has 1 N–H and O–H groups in total. The van der Waals surface area contributed by atoms with E-state index in [0.29, 0.717) is 25.7 Å². The molecule has 0 radical (unpaired) electrons. The average Bonchev–Trinajstić information content (AvgIpc) is 2.54. The normalized spacial score (nSPS) is 24.4. The molecule has 0 aromatic carbocycles. The van der Waals surface area contributed by atoms with Crippen LogP contribution in [0.25, 0.3) is 0 Å². The monoisotopic (exact) mass is 518 g/mol. The zero-order valence-electron chi connectivity index (χ0n) is 15.2. The first-order valence-corrected chi connectivity index (χ1v) is 9.94. The van der Waals surface area contributed by atoms with Gasteiger partial charge in [0.15, 0.2) is 0 Å². The SMILES string of the molecule is CCC(C)(I)C(=O)OCCC1CCC(CC(O)(C(F)(F)F)C(F)(F)F)CC1. The van der Waals surface area contributed by atoms with Crippen molar-refractivity contribution in [1.29, 1.82) is 0 Å². The van der Waals surface area contributed by atoms with Crippen molar-refractivity contribution in [1.82, 2.24) is 0 Å². The Labute approximate surface area is 168 Å². The molecule has 3 nitrogen and oxygen atoms in total. The van der Waals surface area contributed by atoms with Gasteiger partial charge in [-0.2, -0.15) is 26.3 Å². The minimum atomic E-state index is -5.76. The third-order valence-corrected chi connectivity index (χ3v) is 6.54. The van der Waals surface area contributed by atoms with E-state index < -0.39 is 33.7 Å². The van der Waals surface area contributed by atoms with E-state index in [4.69, 9.17) is 4.74 Å². The Morgan fingerprint density at radius 1 is 1.04 bits per heavy atom. The lowest BCUT2D eigenvalue weighted by molar-refractivity contribution is -0.373. The summed E-state index contributed by atoms with van der Waals surface area (Å²) in [5, 5.41) is 9.30. The predicted octanol–water partition coefficient (Wildman–Crippen LogP) is 5.58. The number of hydrogen-bond donors (Lipinski definition) is 1. The molecular formula is C17H25F6IO3. The van der Waals surface area contributed by atoms with E-state index >= 15 is 0 Å². The number of esters is 1. The van der Waals surface area contributed by atoms with Crippen LogP contribution < -0.4 is 0 Å². The van der Waals surface area contributed by atoms with Crippen LogP contribution in [0.1, 0.15) is 58.8 Å². The zero-order valence-corrected chi connectivity index (χ0v) is 17.4. The van der Waals surface area contributed by atoms with Gasteiger partial charge < -0.3 is 9.84 Å². The van der Waals surface area contributed by atoms with Gasteiger partial charge in [0, 0.05) is 0 Å². The van der Waals surface area contributed by atoms with Crippen molar-refractivity contribution in [3.05, 3.63) is 0 Å². The van der Waals surface area contributed by atoms with Crippen molar-refractivity contribution >= 4 is 28.6 Å². The number of alkyl halides is 7. The molecule has 1 atom stereocenters. The predicted molar refractivity (Wildman–Crippen MR) is 95.4 cm³/mol. The van der Waals surface area contributed by atoms with E-state index in [9.17, 15) is 36.2 Å². The second-order valence-electron chi connectivity index (χ2n) is 7.42. The van der Waals surface area contributed by atoms with Gasteiger partial charge in [-0.3, -0.25) is 4.79 Å². The van der Waals surface area contributed by atoms with Crippen molar-refractivity contribution in [2.45, 2.75) is 80.2 Å². The molecular weight excluding hydrogens is 493 g/mol. The van der Waals surface area contributed by atoms with Gasteiger partial charge in [-0.1, -0.05) is 55.2 Å². The number of carbonyl (C=O) groups is 1. The molecule has 0 amide bonds. The van der Waals surface area contributed by atoms with Crippen LogP contribution in [-0.4, -0.2) is 39.1 Å². The lowest BCUT2D eigenvalue weighted by Crippen LogP contribution is -2.57. The number of halogens is 7. The zero-order chi connectivity index (χ0) is 21.1. The second-order valence-corrected chi connectivity index (χ2v) is 9.80. The van der Waals surface area contributed by atoms with E-state index in [-0.39, 0.29) is 31.3 Å². The summed E-state index contributed by atoms with van der Waals surface area (Å²) in [6.45, 7) is 3.80. The number of ether oxygens (including phenoxy) is 1. The molecule has 1 fully saturated rings. The van der Waals surface area contributed by atoms with Gasteiger partial charge in [0.05, 0.1) is 6.61 Å². The molecule has 1 aliphatic carbocycles. The Morgan fingerprint density at radius 2 is 1.48 bits per heavy atom. The highest BCUT2D eigenvalue weighted by atomic mass is 127. The van der Waals surface area contributed by atoms with Crippen molar-refractivity contribution in [2.24, 2.45) is 11.8 Å². The summed E-state index contributed by atoms with van der Waals surface area (Å²) >= 11 is 2.01. The molecule has 1 aliphatic rings. The van der Waals surface area contributed by atoms with Gasteiger partial charge in [-0.15, -0.1) is 0 Å². The summed E-state index contributed by atoms with van der Waals surface area (Å²) in [7, 11) is 0. The molecule has 160 valence electrons. The highest BCUT2D eigenvalue weighted by Gasteiger charge is 2.70. The van der Waals surface area contributed by atoms with Gasteiger partial charge in [0.1, 0.15) is 3.42 Å². The number of hydrogen-bond acceptors (Lipinski definition) is 3. The summed E-state index contributed by atoms with van der Waals surface area (Å²) in [4.78, 5) is 11.9. The van der Waals surface area contributed by atoms with E-state index in [1.807, 2.05) is 29.5 Å². The fraction of sp³-hybridized carbons (Fsp3) is 0.941. The average molecular weight is 518 g/mol. The molecule has 0 aromatic heterocycles. The largest absolute Gasteiger partial charge is 0.465 e. The maximum atomic E-state index is 12.8. The Kier molecular flexibility index (Phi) is 8.30. The molecule has 10 heteroatoms. The molecule has 0 spiro atoms. The van der Waals surface area contributed by atoms with Gasteiger partial charge in [-0.05, 0) is 38.0 Å². The molecule has 1 rings (SSSR count). The summed E-state index contributed by atoms with van der Waals surface area (Å²) in [5.41, 5.74) is -4.67. The first kappa shape index (κ1) is 24.8. The van der Waals surface area contributed by atoms with Crippen molar-refractivity contribution in [2.75, 3.05) is 6.61 Å². The van der Waals surface area contributed by atoms with Crippen LogP contribution >= 0.6 is 22.6 Å². The minimum Gasteiger partial charge on any atom is -0.465 e. The quantitative estimate of drug-likeness (QED) is 0.207. The molecule has 0 aromatic rings. The van der Waals surface area contributed by atoms with Crippen LogP contribution in [0.3, 0.4) is 0 Å². The van der Waals surface area contributed by atoms with Crippen molar-refractivity contribution < 1.29 is 41.0 Å². The maximum Gasteiger partial charge on any atom is 0.426 e. The van der Waals surface area contributed by atoms with Crippen LogP contribution in [0.5, 0.6) is 0 Å². The van der Waals surface area contributed by atoms with E-state index in [2.05, 4.69) is 0 Å². The minimum absolute atomic E-state index is 0.0843. The highest BCUT2D eigenvalue weighted by Crippen LogP contribution is 2.49. The summed E-state index contributed by atoms with van der Waals surface area (Å²) in [5.74, 6) is -1.10. The van der Waals surface area contributed by atoms with Crippen LogP contribution in [0.2, 0.25) is 0 Å². The summed E-state index contributed by atoms with van der Waals surface area (Å²) in [6.07, 6.45) is -10.5. The molecule has 1 saturated carbocycles. The summed E-state index contributed by atoms with van der Waals surface area (Å²) in [6, 6.07) is 0.